The van der Waals surface area contributed by atoms with Crippen molar-refractivity contribution >= 4 is 17.9 Å². The molecule has 0 N–H and O–H groups in total. The molecule has 0 rings (SSSR count). The van der Waals surface area contributed by atoms with Gasteiger partial charge < -0.3 is 14.2 Å². The fraction of sp³-hybridized carbons (Fsp3) is 0.855. The summed E-state index contributed by atoms with van der Waals surface area (Å²) in [6.45, 7) is 6.68. The van der Waals surface area contributed by atoms with Crippen LogP contribution >= 0.6 is 0 Å². The van der Waals surface area contributed by atoms with Crippen molar-refractivity contribution < 1.29 is 28.6 Å². The highest BCUT2D eigenvalue weighted by molar-refractivity contribution is 5.71. The first-order valence-corrected chi connectivity index (χ1v) is 36.6. The number of rotatable bonds is 68. The maximum Gasteiger partial charge on any atom is 0.306 e. The largest absolute Gasteiger partial charge is 0.462 e. The molecule has 0 spiro atoms. The molecule has 0 aromatic carbocycles. The van der Waals surface area contributed by atoms with Gasteiger partial charge in [-0.2, -0.15) is 0 Å². The van der Waals surface area contributed by atoms with Crippen LogP contribution in [0.5, 0.6) is 0 Å². The third-order valence-electron chi connectivity index (χ3n) is 16.5. The van der Waals surface area contributed by atoms with Gasteiger partial charge in [0.15, 0.2) is 6.10 Å². The summed E-state index contributed by atoms with van der Waals surface area (Å²) >= 11 is 0. The van der Waals surface area contributed by atoms with Gasteiger partial charge in [-0.3, -0.25) is 14.4 Å². The van der Waals surface area contributed by atoms with Crippen LogP contribution in [0.4, 0.5) is 0 Å². The Labute approximate surface area is 511 Å². The molecule has 0 aliphatic carbocycles. The summed E-state index contributed by atoms with van der Waals surface area (Å²) in [7, 11) is 0. The van der Waals surface area contributed by atoms with Crippen molar-refractivity contribution in [2.24, 2.45) is 0 Å². The quantitative estimate of drug-likeness (QED) is 0.0261. The highest BCUT2D eigenvalue weighted by atomic mass is 16.6. The minimum absolute atomic E-state index is 0.0730. The van der Waals surface area contributed by atoms with Gasteiger partial charge in [0.05, 0.1) is 0 Å². The normalized spacial score (nSPS) is 12.3. The molecule has 0 heterocycles. The molecular weight excluding hydrogens is 1010 g/mol. The van der Waals surface area contributed by atoms with E-state index >= 15 is 0 Å². The van der Waals surface area contributed by atoms with E-state index in [1.807, 2.05) is 0 Å². The number of carbonyl (C=O) groups excluding carboxylic acids is 3. The van der Waals surface area contributed by atoms with E-state index in [4.69, 9.17) is 14.2 Å². The Balaban J connectivity index is 4.19. The second-order valence-electron chi connectivity index (χ2n) is 24.8. The summed E-state index contributed by atoms with van der Waals surface area (Å²) in [5.74, 6) is -0.859. The summed E-state index contributed by atoms with van der Waals surface area (Å²) in [6, 6.07) is 0. The van der Waals surface area contributed by atoms with Crippen LogP contribution in [0.25, 0.3) is 0 Å². The lowest BCUT2D eigenvalue weighted by atomic mass is 10.0. The smallest absolute Gasteiger partial charge is 0.306 e. The van der Waals surface area contributed by atoms with Crippen molar-refractivity contribution in [2.45, 2.75) is 406 Å². The lowest BCUT2D eigenvalue weighted by molar-refractivity contribution is -0.167. The zero-order chi connectivity index (χ0) is 59.2. The predicted octanol–water partition coefficient (Wildman–Crippen LogP) is 25.3. The van der Waals surface area contributed by atoms with E-state index in [-0.39, 0.29) is 31.1 Å². The van der Waals surface area contributed by atoms with E-state index in [2.05, 4.69) is 69.4 Å². The van der Waals surface area contributed by atoms with Crippen LogP contribution in [0.1, 0.15) is 400 Å². The molecule has 1 atom stereocenters. The van der Waals surface area contributed by atoms with E-state index in [1.165, 1.54) is 289 Å². The Morgan fingerprint density at radius 2 is 0.439 bits per heavy atom. The van der Waals surface area contributed by atoms with Crippen LogP contribution in [-0.4, -0.2) is 37.2 Å². The first-order valence-electron chi connectivity index (χ1n) is 36.6. The molecule has 82 heavy (non-hydrogen) atoms. The molecule has 0 aromatic rings. The van der Waals surface area contributed by atoms with Gasteiger partial charge >= 0.3 is 17.9 Å². The molecule has 6 nitrogen and oxygen atoms in total. The summed E-state index contributed by atoms with van der Waals surface area (Å²) in [6.07, 6.45) is 90.1. The lowest BCUT2D eigenvalue weighted by Gasteiger charge is -2.18. The summed E-state index contributed by atoms with van der Waals surface area (Å²) in [5.41, 5.74) is 0. The second kappa shape index (κ2) is 70.9. The highest BCUT2D eigenvalue weighted by Gasteiger charge is 2.19. The van der Waals surface area contributed by atoms with E-state index in [0.29, 0.717) is 19.3 Å². The number of unbranched alkanes of at least 4 members (excludes halogenated alkanes) is 49. The molecule has 0 saturated carbocycles. The Morgan fingerprint density at radius 1 is 0.244 bits per heavy atom. The Bertz CT molecular complexity index is 1410. The standard InChI is InChI=1S/C76H140O6/c1-4-7-10-13-16-19-22-25-28-30-32-33-34-35-36-37-38-39-40-41-42-43-44-46-48-51-54-57-60-63-66-69-75(78)81-72-73(71-80-74(77)68-65-62-59-56-53-50-47-27-24-21-18-15-12-9-6-3)82-76(79)70-67-64-61-58-55-52-49-45-31-29-26-23-20-17-14-11-8-5-2/h22,25,27,29-32,47,73H,4-21,23-24,26,28,33-46,48-72H2,1-3H3/b25-22-,31-29-,32-30-,47-27-. The van der Waals surface area contributed by atoms with Gasteiger partial charge in [-0.25, -0.2) is 0 Å². The third kappa shape index (κ3) is 68.2. The van der Waals surface area contributed by atoms with E-state index in [1.54, 1.807) is 0 Å². The lowest BCUT2D eigenvalue weighted by Crippen LogP contribution is -2.30. The SMILES string of the molecule is CCCCCCC/C=C\C/C=C\CCCCCCCCCCCCCCCCCCCCCC(=O)OCC(COC(=O)CCCCCCC/C=C\CCCCCCCC)OC(=O)CCCCCCCCC/C=C\CCCCCCCCC. The Kier molecular flexibility index (Phi) is 68.6. The molecule has 6 heteroatoms. The number of esters is 3. The number of carbonyl (C=O) groups is 3. The molecule has 480 valence electrons. The highest BCUT2D eigenvalue weighted by Crippen LogP contribution is 2.18. The summed E-state index contributed by atoms with van der Waals surface area (Å²) < 4.78 is 17.0. The molecule has 0 aromatic heterocycles. The minimum atomic E-state index is -0.778. The van der Waals surface area contributed by atoms with Crippen LogP contribution in [0.15, 0.2) is 48.6 Å². The van der Waals surface area contributed by atoms with E-state index < -0.39 is 6.10 Å². The maximum absolute atomic E-state index is 12.9. The number of allylic oxidation sites excluding steroid dienone is 8. The zero-order valence-electron chi connectivity index (χ0n) is 55.3. The van der Waals surface area contributed by atoms with Crippen molar-refractivity contribution in [3.8, 4) is 0 Å². The molecule has 1 unspecified atom stereocenters. The number of hydrogen-bond donors (Lipinski definition) is 0. The van der Waals surface area contributed by atoms with Crippen molar-refractivity contribution in [2.75, 3.05) is 13.2 Å². The average molecular weight is 1150 g/mol. The van der Waals surface area contributed by atoms with Gasteiger partial charge in [-0.15, -0.1) is 0 Å². The molecule has 0 aliphatic heterocycles. The van der Waals surface area contributed by atoms with Crippen molar-refractivity contribution in [3.05, 3.63) is 48.6 Å². The van der Waals surface area contributed by atoms with Crippen molar-refractivity contribution in [3.63, 3.8) is 0 Å². The summed E-state index contributed by atoms with van der Waals surface area (Å²) in [5, 5.41) is 0. The van der Waals surface area contributed by atoms with Crippen molar-refractivity contribution in [1.29, 1.82) is 0 Å². The Hall–Kier alpha value is -2.63. The van der Waals surface area contributed by atoms with Crippen LogP contribution in [0.3, 0.4) is 0 Å². The third-order valence-corrected chi connectivity index (χ3v) is 16.5. The molecular formula is C76H140O6. The van der Waals surface area contributed by atoms with Gasteiger partial charge in [0, 0.05) is 19.3 Å². The molecule has 0 amide bonds. The van der Waals surface area contributed by atoms with Gasteiger partial charge in [0.1, 0.15) is 13.2 Å². The first kappa shape index (κ1) is 79.4. The average Bonchev–Trinajstić information content (AvgIpc) is 3.47. The van der Waals surface area contributed by atoms with Gasteiger partial charge in [-0.05, 0) is 103 Å². The first-order chi connectivity index (χ1) is 40.5. The van der Waals surface area contributed by atoms with Gasteiger partial charge in [0.2, 0.25) is 0 Å². The van der Waals surface area contributed by atoms with Crippen LogP contribution in [0.2, 0.25) is 0 Å². The molecule has 0 saturated heterocycles. The van der Waals surface area contributed by atoms with Gasteiger partial charge in [-0.1, -0.05) is 326 Å². The molecule has 0 bridgehead atoms. The fourth-order valence-electron chi connectivity index (χ4n) is 11.0. The molecule has 0 fully saturated rings. The predicted molar refractivity (Wildman–Crippen MR) is 358 cm³/mol. The van der Waals surface area contributed by atoms with E-state index in [0.717, 1.165) is 70.6 Å². The minimum Gasteiger partial charge on any atom is -0.462 e. The van der Waals surface area contributed by atoms with E-state index in [9.17, 15) is 14.4 Å². The second-order valence-corrected chi connectivity index (χ2v) is 24.8. The molecule has 0 aliphatic rings. The van der Waals surface area contributed by atoms with Crippen molar-refractivity contribution in [1.82, 2.24) is 0 Å². The Morgan fingerprint density at radius 3 is 0.683 bits per heavy atom. The molecule has 0 radical (unpaired) electrons. The topological polar surface area (TPSA) is 78.9 Å². The maximum atomic E-state index is 12.9. The fourth-order valence-corrected chi connectivity index (χ4v) is 11.0. The van der Waals surface area contributed by atoms with Crippen LogP contribution in [-0.2, 0) is 28.6 Å². The zero-order valence-corrected chi connectivity index (χ0v) is 55.3. The van der Waals surface area contributed by atoms with Gasteiger partial charge in [0.25, 0.3) is 0 Å². The summed E-state index contributed by atoms with van der Waals surface area (Å²) in [4.78, 5) is 38.4. The van der Waals surface area contributed by atoms with Crippen LogP contribution in [0, 0.1) is 0 Å². The van der Waals surface area contributed by atoms with Crippen LogP contribution < -0.4 is 0 Å². The monoisotopic (exact) mass is 1150 g/mol. The number of ether oxygens (including phenoxy) is 3. The number of hydrogen-bond acceptors (Lipinski definition) is 6.